The second-order valence-corrected chi connectivity index (χ2v) is 9.87. The highest BCUT2D eigenvalue weighted by molar-refractivity contribution is 6.12. The van der Waals surface area contributed by atoms with Gasteiger partial charge in [-0.15, -0.1) is 0 Å². The molecule has 0 saturated heterocycles. The van der Waals surface area contributed by atoms with E-state index in [0.717, 1.165) is 0 Å². The first-order valence-corrected chi connectivity index (χ1v) is 13.4. The van der Waals surface area contributed by atoms with E-state index in [1.54, 1.807) is 38.1 Å². The second-order valence-electron chi connectivity index (χ2n) is 9.87. The number of rotatable bonds is 9. The van der Waals surface area contributed by atoms with Crippen molar-refractivity contribution in [3.8, 4) is 11.5 Å². The highest BCUT2D eigenvalue weighted by atomic mass is 16.5. The number of amides is 4. The average molecular weight is 601 g/mol. The highest BCUT2D eigenvalue weighted by Crippen LogP contribution is 2.29. The van der Waals surface area contributed by atoms with Gasteiger partial charge in [-0.1, -0.05) is 0 Å². The molecule has 0 radical (unpaired) electrons. The number of carbonyl (C=O) groups excluding carboxylic acids is 6. The van der Waals surface area contributed by atoms with Crippen LogP contribution in [-0.4, -0.2) is 47.7 Å². The Morgan fingerprint density at radius 3 is 1.30 bits per heavy atom. The van der Waals surface area contributed by atoms with E-state index in [2.05, 4.69) is 31.1 Å². The summed E-state index contributed by atoms with van der Waals surface area (Å²) in [6, 6.07) is 10.2. The lowest BCUT2D eigenvalue weighted by atomic mass is 9.89. The molecular formula is C30H28N6O8. The van der Waals surface area contributed by atoms with E-state index >= 15 is 0 Å². The van der Waals surface area contributed by atoms with Crippen molar-refractivity contribution in [2.24, 2.45) is 20.5 Å². The molecule has 14 heteroatoms. The number of nitrogens with zero attached hydrogens (tertiary/aromatic N) is 4. The fourth-order valence-corrected chi connectivity index (χ4v) is 4.48. The highest BCUT2D eigenvalue weighted by Gasteiger charge is 2.35. The summed E-state index contributed by atoms with van der Waals surface area (Å²) in [7, 11) is 0. The number of esters is 2. The van der Waals surface area contributed by atoms with Gasteiger partial charge in [0.15, 0.2) is 12.1 Å². The molecule has 4 rings (SSSR count). The summed E-state index contributed by atoms with van der Waals surface area (Å²) in [6.45, 7) is 5.74. The summed E-state index contributed by atoms with van der Waals surface area (Å²) in [5.74, 6) is -2.79. The molecule has 44 heavy (non-hydrogen) atoms. The molecule has 0 aliphatic carbocycles. The first-order chi connectivity index (χ1) is 20.9. The number of azo groups is 2. The fraction of sp³-hybridized carbons (Fsp3) is 0.267. The van der Waals surface area contributed by atoms with Crippen LogP contribution in [0.25, 0.3) is 0 Å². The third-order valence-electron chi connectivity index (χ3n) is 6.69. The van der Waals surface area contributed by atoms with Gasteiger partial charge in [0.1, 0.15) is 11.5 Å². The Bertz CT molecular complexity index is 1530. The number of carbonyl (C=O) groups is 6. The Morgan fingerprint density at radius 2 is 0.977 bits per heavy atom. The third-order valence-corrected chi connectivity index (χ3v) is 6.69. The number of imide groups is 2. The van der Waals surface area contributed by atoms with E-state index in [1.807, 2.05) is 0 Å². The van der Waals surface area contributed by atoms with Crippen molar-refractivity contribution < 1.29 is 38.2 Å². The summed E-state index contributed by atoms with van der Waals surface area (Å²) in [5.41, 5.74) is 2.05. The molecule has 2 aliphatic rings. The molecule has 226 valence electrons. The van der Waals surface area contributed by atoms with Crippen LogP contribution in [0, 0.1) is 0 Å². The van der Waals surface area contributed by atoms with Crippen LogP contribution in [0.15, 0.2) is 91.3 Å². The minimum absolute atomic E-state index is 0.0732. The molecular weight excluding hydrogens is 572 g/mol. The van der Waals surface area contributed by atoms with Gasteiger partial charge in [0.2, 0.25) is 0 Å². The van der Waals surface area contributed by atoms with Crippen molar-refractivity contribution in [1.82, 2.24) is 10.6 Å². The summed E-state index contributed by atoms with van der Waals surface area (Å²) >= 11 is 0. The molecule has 2 aromatic rings. The zero-order valence-electron chi connectivity index (χ0n) is 24.2. The van der Waals surface area contributed by atoms with Crippen LogP contribution >= 0.6 is 0 Å². The third kappa shape index (κ3) is 7.59. The molecule has 0 fully saturated rings. The molecule has 0 aromatic heterocycles. The summed E-state index contributed by atoms with van der Waals surface area (Å²) in [6.07, 6.45) is 0.146. The lowest BCUT2D eigenvalue weighted by Gasteiger charge is -2.24. The van der Waals surface area contributed by atoms with Crippen LogP contribution in [0.2, 0.25) is 0 Å². The Hall–Kier alpha value is -5.66. The molecule has 2 unspecified atom stereocenters. The van der Waals surface area contributed by atoms with Crippen molar-refractivity contribution in [2.45, 2.75) is 52.6 Å². The maximum absolute atomic E-state index is 12.7. The van der Waals surface area contributed by atoms with Gasteiger partial charge in [0.05, 0.1) is 11.4 Å². The molecule has 4 amide bonds. The van der Waals surface area contributed by atoms with Gasteiger partial charge < -0.3 is 9.47 Å². The van der Waals surface area contributed by atoms with Crippen molar-refractivity contribution in [3.05, 3.63) is 70.8 Å². The smallest absolute Gasteiger partial charge is 0.308 e. The number of benzene rings is 2. The molecule has 2 aliphatic heterocycles. The minimum Gasteiger partial charge on any atom is -0.427 e. The van der Waals surface area contributed by atoms with E-state index in [-0.39, 0.29) is 24.0 Å². The summed E-state index contributed by atoms with van der Waals surface area (Å²) in [4.78, 5) is 72.8. The van der Waals surface area contributed by atoms with E-state index in [1.165, 1.54) is 38.1 Å². The van der Waals surface area contributed by atoms with E-state index in [9.17, 15) is 28.8 Å². The Kier molecular flexibility index (Phi) is 9.63. The Labute approximate surface area is 251 Å². The standard InChI is InChI=1S/C30H28N6O8/c1-15-23(27(39)31-29(41)25(15)35-33-19-5-9-21(10-6-19)43-17(3)37)13-14-24-16(2)26(30(42)32-28(24)40)36-34-20-7-11-22(12-8-20)44-18(4)38/h5-12,25-26H,13-14H2,1-4H3,(H,31,39,41)(H,32,40,42). The second kappa shape index (κ2) is 13.5. The normalized spacial score (nSPS) is 19.0. The number of hydrogen-bond donors (Lipinski definition) is 2. The van der Waals surface area contributed by atoms with Gasteiger partial charge >= 0.3 is 11.9 Å². The first kappa shape index (κ1) is 31.3. The van der Waals surface area contributed by atoms with Gasteiger partial charge in [-0.05, 0) is 86.4 Å². The zero-order valence-corrected chi connectivity index (χ0v) is 24.2. The number of ether oxygens (including phenoxy) is 2. The monoisotopic (exact) mass is 600 g/mol. The topological polar surface area (TPSA) is 194 Å². The quantitative estimate of drug-likeness (QED) is 0.187. The molecule has 0 bridgehead atoms. The Morgan fingerprint density at radius 1 is 0.636 bits per heavy atom. The van der Waals surface area contributed by atoms with Crippen LogP contribution in [0.1, 0.15) is 40.5 Å². The Balaban J connectivity index is 1.50. The number of hydrogen-bond acceptors (Lipinski definition) is 12. The zero-order chi connectivity index (χ0) is 32.0. The lowest BCUT2D eigenvalue weighted by molar-refractivity contribution is -0.132. The van der Waals surface area contributed by atoms with Crippen LogP contribution < -0.4 is 20.1 Å². The fourth-order valence-electron chi connectivity index (χ4n) is 4.48. The van der Waals surface area contributed by atoms with Crippen LogP contribution in [-0.2, 0) is 28.8 Å². The molecule has 0 spiro atoms. The molecule has 2 atom stereocenters. The lowest BCUT2D eigenvalue weighted by Crippen LogP contribution is -2.45. The van der Waals surface area contributed by atoms with Gasteiger partial charge in [-0.3, -0.25) is 39.4 Å². The minimum atomic E-state index is -1.08. The predicted molar refractivity (Wildman–Crippen MR) is 153 cm³/mol. The molecule has 14 nitrogen and oxygen atoms in total. The molecule has 2 aromatic carbocycles. The van der Waals surface area contributed by atoms with Crippen molar-refractivity contribution in [3.63, 3.8) is 0 Å². The average Bonchev–Trinajstić information content (AvgIpc) is 2.95. The largest absolute Gasteiger partial charge is 0.427 e. The van der Waals surface area contributed by atoms with Crippen molar-refractivity contribution in [2.75, 3.05) is 0 Å². The van der Waals surface area contributed by atoms with E-state index in [0.29, 0.717) is 34.0 Å². The number of nitrogens with one attached hydrogen (secondary N) is 2. The van der Waals surface area contributed by atoms with Crippen LogP contribution in [0.3, 0.4) is 0 Å². The van der Waals surface area contributed by atoms with Crippen LogP contribution in [0.5, 0.6) is 11.5 Å². The molecule has 2 heterocycles. The summed E-state index contributed by atoms with van der Waals surface area (Å²) in [5, 5.41) is 21.0. The predicted octanol–water partition coefficient (Wildman–Crippen LogP) is 3.87. The maximum atomic E-state index is 12.7. The van der Waals surface area contributed by atoms with E-state index < -0.39 is 47.7 Å². The maximum Gasteiger partial charge on any atom is 0.308 e. The first-order valence-electron chi connectivity index (χ1n) is 13.4. The van der Waals surface area contributed by atoms with Gasteiger partial charge in [-0.2, -0.15) is 20.5 Å². The van der Waals surface area contributed by atoms with Crippen LogP contribution in [0.4, 0.5) is 11.4 Å². The van der Waals surface area contributed by atoms with Gasteiger partial charge in [0, 0.05) is 25.0 Å². The summed E-state index contributed by atoms with van der Waals surface area (Å²) < 4.78 is 9.96. The van der Waals surface area contributed by atoms with Crippen molar-refractivity contribution >= 4 is 46.9 Å². The van der Waals surface area contributed by atoms with Crippen molar-refractivity contribution in [1.29, 1.82) is 0 Å². The van der Waals surface area contributed by atoms with E-state index in [4.69, 9.17) is 9.47 Å². The van der Waals surface area contributed by atoms with Gasteiger partial charge in [0.25, 0.3) is 23.6 Å². The SMILES string of the molecule is CC(=O)Oc1ccc(N=NC2C(=O)NC(=O)C(CCC3=C(C)C(N=Nc4ccc(OC(C)=O)cc4)C(=O)NC3=O)=C2C)cc1. The molecule has 2 N–H and O–H groups in total. The van der Waals surface area contributed by atoms with Gasteiger partial charge in [-0.25, -0.2) is 0 Å². The molecule has 0 saturated carbocycles.